The number of rotatable bonds is 2. The molecule has 1 aliphatic heterocycles. The average Bonchev–Trinajstić information content (AvgIpc) is 2.90. The van der Waals surface area contributed by atoms with Gasteiger partial charge in [0.05, 0.1) is 0 Å². The topological polar surface area (TPSA) is 91.1 Å². The lowest BCUT2D eigenvalue weighted by Crippen LogP contribution is -2.30. The van der Waals surface area contributed by atoms with Gasteiger partial charge < -0.3 is 9.74 Å². The molecule has 0 spiro atoms. The summed E-state index contributed by atoms with van der Waals surface area (Å²) in [7, 11) is 0. The van der Waals surface area contributed by atoms with E-state index in [-0.39, 0.29) is 11.6 Å². The summed E-state index contributed by atoms with van der Waals surface area (Å²) >= 11 is 0. The van der Waals surface area contributed by atoms with Crippen LogP contribution in [0.1, 0.15) is 18.7 Å². The number of carbonyl (C=O) groups excluding carboxylic acids is 1. The van der Waals surface area contributed by atoms with E-state index in [1.165, 1.54) is 12.3 Å². The van der Waals surface area contributed by atoms with Crippen molar-refractivity contribution in [3.8, 4) is 6.07 Å². The van der Waals surface area contributed by atoms with E-state index in [4.69, 9.17) is 10.1 Å². The van der Waals surface area contributed by atoms with Gasteiger partial charge in [0.2, 0.25) is 5.82 Å². The number of aromatic nitrogens is 2. The van der Waals surface area contributed by atoms with Gasteiger partial charge in [0.25, 0.3) is 0 Å². The third kappa shape index (κ3) is 2.81. The molecule has 1 aromatic heterocycles. The minimum Gasteiger partial charge on any atom is -0.323 e. The first-order valence-corrected chi connectivity index (χ1v) is 5.24. The van der Waals surface area contributed by atoms with Crippen LogP contribution in [0.3, 0.4) is 0 Å². The molecule has 0 aliphatic carbocycles. The molecule has 0 atom stereocenters. The molecule has 0 bridgehead atoms. The molecule has 1 fully saturated rings. The molecule has 2 rings (SSSR count). The molecule has 1 aliphatic rings. The first-order valence-electron chi connectivity index (χ1n) is 5.24. The van der Waals surface area contributed by atoms with Crippen molar-refractivity contribution in [1.82, 2.24) is 14.9 Å². The van der Waals surface area contributed by atoms with Gasteiger partial charge in [-0.05, 0) is 12.8 Å². The molecule has 0 radical (unpaired) electrons. The Morgan fingerprint density at radius 1 is 1.53 bits per heavy atom. The summed E-state index contributed by atoms with van der Waals surface area (Å²) < 4.78 is 0. The van der Waals surface area contributed by atoms with Gasteiger partial charge in [-0.1, -0.05) is 0 Å². The minimum atomic E-state index is -0.431. The van der Waals surface area contributed by atoms with Crippen molar-refractivity contribution in [2.75, 3.05) is 18.6 Å². The molecule has 88 valence electrons. The molecular formula is C10H11N5O2. The van der Waals surface area contributed by atoms with E-state index in [9.17, 15) is 4.79 Å². The largest absolute Gasteiger partial charge is 0.434 e. The standard InChI is InChI=1S/C10H11N5O2/c11-7-9-12-4-3-8(13-9)14-17-10(16)15-5-1-2-6-15/h3-4H,1-2,5-6H2,(H,12,13,14). The van der Waals surface area contributed by atoms with Gasteiger partial charge in [0.15, 0.2) is 5.82 Å². The summed E-state index contributed by atoms with van der Waals surface area (Å²) in [6.45, 7) is 1.43. The fourth-order valence-electron chi connectivity index (χ4n) is 1.53. The maximum Gasteiger partial charge on any atom is 0.434 e. The fourth-order valence-corrected chi connectivity index (χ4v) is 1.53. The second-order valence-electron chi connectivity index (χ2n) is 3.54. The highest BCUT2D eigenvalue weighted by Gasteiger charge is 2.19. The monoisotopic (exact) mass is 233 g/mol. The first-order chi connectivity index (χ1) is 8.29. The summed E-state index contributed by atoms with van der Waals surface area (Å²) in [5.74, 6) is 0.302. The van der Waals surface area contributed by atoms with Gasteiger partial charge in [-0.3, -0.25) is 0 Å². The van der Waals surface area contributed by atoms with E-state index >= 15 is 0 Å². The lowest BCUT2D eigenvalue weighted by atomic mass is 10.4. The molecule has 0 aromatic carbocycles. The van der Waals surface area contributed by atoms with Crippen LogP contribution >= 0.6 is 0 Å². The lowest BCUT2D eigenvalue weighted by Gasteiger charge is -2.14. The molecule has 7 nitrogen and oxygen atoms in total. The average molecular weight is 233 g/mol. The van der Waals surface area contributed by atoms with Crippen LogP contribution in [0.25, 0.3) is 0 Å². The number of amides is 1. The second-order valence-corrected chi connectivity index (χ2v) is 3.54. The SMILES string of the molecule is N#Cc1nccc(NOC(=O)N2CCCC2)n1. The zero-order valence-electron chi connectivity index (χ0n) is 9.09. The molecule has 0 unspecified atom stereocenters. The third-order valence-corrected chi connectivity index (χ3v) is 2.36. The summed E-state index contributed by atoms with van der Waals surface area (Å²) in [6.07, 6.45) is 2.99. The van der Waals surface area contributed by atoms with Gasteiger partial charge in [-0.15, -0.1) is 0 Å². The second kappa shape index (κ2) is 5.12. The smallest absolute Gasteiger partial charge is 0.323 e. The predicted molar refractivity (Wildman–Crippen MR) is 57.7 cm³/mol. The van der Waals surface area contributed by atoms with E-state index in [2.05, 4.69) is 15.4 Å². The zero-order valence-corrected chi connectivity index (χ0v) is 9.09. The molecular weight excluding hydrogens is 222 g/mol. The number of hydrogen-bond acceptors (Lipinski definition) is 6. The molecule has 7 heteroatoms. The number of carbonyl (C=O) groups is 1. The van der Waals surface area contributed by atoms with Crippen molar-refractivity contribution in [2.45, 2.75) is 12.8 Å². The van der Waals surface area contributed by atoms with E-state index in [1.807, 2.05) is 0 Å². The van der Waals surface area contributed by atoms with Gasteiger partial charge in [-0.2, -0.15) is 15.7 Å². The minimum absolute atomic E-state index is 0.0206. The normalized spacial score (nSPS) is 14.2. The summed E-state index contributed by atoms with van der Waals surface area (Å²) in [6, 6.07) is 3.31. The van der Waals surface area contributed by atoms with Gasteiger partial charge in [0, 0.05) is 25.4 Å². The van der Waals surface area contributed by atoms with E-state index in [0.29, 0.717) is 13.1 Å². The Kier molecular flexibility index (Phi) is 3.35. The first kappa shape index (κ1) is 11.1. The Balaban J connectivity index is 1.88. The molecule has 1 N–H and O–H groups in total. The summed E-state index contributed by atoms with van der Waals surface area (Å²) in [4.78, 5) is 25.5. The van der Waals surface area contributed by atoms with Crippen molar-refractivity contribution in [1.29, 1.82) is 5.26 Å². The number of hydrogen-bond donors (Lipinski definition) is 1. The Morgan fingerprint density at radius 3 is 3.00 bits per heavy atom. The molecule has 1 aromatic rings. The van der Waals surface area contributed by atoms with E-state index in [1.54, 1.807) is 11.0 Å². The van der Waals surface area contributed by atoms with Gasteiger partial charge in [0.1, 0.15) is 6.07 Å². The van der Waals surface area contributed by atoms with Crippen LogP contribution in [-0.4, -0.2) is 34.1 Å². The third-order valence-electron chi connectivity index (χ3n) is 2.36. The number of nitriles is 1. The van der Waals surface area contributed by atoms with Crippen molar-refractivity contribution >= 4 is 11.9 Å². The van der Waals surface area contributed by atoms with Gasteiger partial charge >= 0.3 is 6.09 Å². The highest BCUT2D eigenvalue weighted by atomic mass is 16.7. The van der Waals surface area contributed by atoms with Crippen molar-refractivity contribution in [2.24, 2.45) is 0 Å². The fraction of sp³-hybridized carbons (Fsp3) is 0.400. The van der Waals surface area contributed by atoms with Crippen LogP contribution in [0.5, 0.6) is 0 Å². The van der Waals surface area contributed by atoms with Crippen molar-refractivity contribution < 1.29 is 9.63 Å². The molecule has 1 saturated heterocycles. The van der Waals surface area contributed by atoms with Crippen LogP contribution in [-0.2, 0) is 4.84 Å². The van der Waals surface area contributed by atoms with Crippen molar-refractivity contribution in [3.05, 3.63) is 18.1 Å². The van der Waals surface area contributed by atoms with Crippen LogP contribution in [0.2, 0.25) is 0 Å². The number of nitrogens with one attached hydrogen (secondary N) is 1. The predicted octanol–water partition coefficient (Wildman–Crippen LogP) is 0.908. The van der Waals surface area contributed by atoms with Crippen LogP contribution in [0.15, 0.2) is 12.3 Å². The van der Waals surface area contributed by atoms with E-state index in [0.717, 1.165) is 12.8 Å². The van der Waals surface area contributed by atoms with Crippen LogP contribution < -0.4 is 5.48 Å². The number of anilines is 1. The van der Waals surface area contributed by atoms with Crippen LogP contribution in [0.4, 0.5) is 10.6 Å². The van der Waals surface area contributed by atoms with Gasteiger partial charge in [-0.25, -0.2) is 9.78 Å². The lowest BCUT2D eigenvalue weighted by molar-refractivity contribution is 0.131. The Hall–Kier alpha value is -2.36. The maximum atomic E-state index is 11.5. The molecule has 0 saturated carbocycles. The highest BCUT2D eigenvalue weighted by molar-refractivity contribution is 5.68. The number of likely N-dealkylation sites (tertiary alicyclic amines) is 1. The quantitative estimate of drug-likeness (QED) is 0.763. The van der Waals surface area contributed by atoms with Crippen LogP contribution in [0, 0.1) is 11.3 Å². The zero-order chi connectivity index (χ0) is 12.1. The summed E-state index contributed by atoms with van der Waals surface area (Å²) in [5, 5.41) is 8.59. The Labute approximate surface area is 98.0 Å². The Morgan fingerprint density at radius 2 is 2.29 bits per heavy atom. The van der Waals surface area contributed by atoms with Crippen molar-refractivity contribution in [3.63, 3.8) is 0 Å². The summed E-state index contributed by atoms with van der Waals surface area (Å²) in [5.41, 5.74) is 2.40. The molecule has 2 heterocycles. The molecule has 1 amide bonds. The highest BCUT2D eigenvalue weighted by Crippen LogP contribution is 2.09. The molecule has 17 heavy (non-hydrogen) atoms. The van der Waals surface area contributed by atoms with E-state index < -0.39 is 6.09 Å². The maximum absolute atomic E-state index is 11.5. The Bertz CT molecular complexity index is 450. The number of nitrogens with zero attached hydrogens (tertiary/aromatic N) is 4.